The number of piperidine rings is 1. The van der Waals surface area contributed by atoms with Gasteiger partial charge in [-0.25, -0.2) is 4.79 Å². The summed E-state index contributed by atoms with van der Waals surface area (Å²) in [5, 5.41) is 21.9. The Hall–Kier alpha value is -1.46. The highest BCUT2D eigenvalue weighted by Gasteiger charge is 2.18. The molecular formula is C15H21ClN2O3. The zero-order valence-electron chi connectivity index (χ0n) is 11.9. The second kappa shape index (κ2) is 7.52. The maximum atomic E-state index is 11.5. The lowest BCUT2D eigenvalue weighted by Gasteiger charge is -2.30. The number of anilines is 2. The first kappa shape index (κ1) is 15.9. The molecule has 2 rings (SSSR count). The molecule has 1 heterocycles. The van der Waals surface area contributed by atoms with E-state index in [1.165, 1.54) is 6.42 Å². The van der Waals surface area contributed by atoms with E-state index in [0.29, 0.717) is 17.8 Å². The predicted octanol–water partition coefficient (Wildman–Crippen LogP) is 2.39. The highest BCUT2D eigenvalue weighted by atomic mass is 35.5. The molecule has 0 aliphatic carbocycles. The molecule has 0 amide bonds. The Morgan fingerprint density at radius 3 is 2.67 bits per heavy atom. The first-order valence-electron chi connectivity index (χ1n) is 7.22. The SMILES string of the molecule is O=C(O)c1cc(NCC(O)CCl)ccc1N1CCCCC1. The van der Waals surface area contributed by atoms with Gasteiger partial charge >= 0.3 is 5.97 Å². The lowest BCUT2D eigenvalue weighted by molar-refractivity contribution is 0.0697. The molecule has 0 spiro atoms. The fourth-order valence-corrected chi connectivity index (χ4v) is 2.63. The van der Waals surface area contributed by atoms with Crippen LogP contribution in [0.5, 0.6) is 0 Å². The summed E-state index contributed by atoms with van der Waals surface area (Å²) in [6.45, 7) is 2.10. The van der Waals surface area contributed by atoms with Gasteiger partial charge in [-0.2, -0.15) is 0 Å². The lowest BCUT2D eigenvalue weighted by atomic mass is 10.1. The van der Waals surface area contributed by atoms with Gasteiger partial charge in [0.1, 0.15) is 0 Å². The highest BCUT2D eigenvalue weighted by Crippen LogP contribution is 2.27. The fourth-order valence-electron chi connectivity index (χ4n) is 2.52. The molecule has 1 saturated heterocycles. The number of aliphatic hydroxyl groups is 1. The average molecular weight is 313 g/mol. The monoisotopic (exact) mass is 312 g/mol. The Bertz CT molecular complexity index is 490. The van der Waals surface area contributed by atoms with Crippen LogP contribution in [0.15, 0.2) is 18.2 Å². The van der Waals surface area contributed by atoms with E-state index in [2.05, 4.69) is 10.2 Å². The maximum Gasteiger partial charge on any atom is 0.337 e. The minimum absolute atomic E-state index is 0.144. The largest absolute Gasteiger partial charge is 0.478 e. The van der Waals surface area contributed by atoms with Crippen molar-refractivity contribution in [3.8, 4) is 0 Å². The molecule has 1 aliphatic rings. The highest BCUT2D eigenvalue weighted by molar-refractivity contribution is 6.18. The lowest BCUT2D eigenvalue weighted by Crippen LogP contribution is -2.30. The summed E-state index contributed by atoms with van der Waals surface area (Å²) in [7, 11) is 0. The molecule has 0 saturated carbocycles. The van der Waals surface area contributed by atoms with Crippen molar-refractivity contribution in [1.29, 1.82) is 0 Å². The predicted molar refractivity (Wildman–Crippen MR) is 84.7 cm³/mol. The fraction of sp³-hybridized carbons (Fsp3) is 0.533. The number of carbonyl (C=O) groups is 1. The Morgan fingerprint density at radius 1 is 1.33 bits per heavy atom. The van der Waals surface area contributed by atoms with Crippen molar-refractivity contribution < 1.29 is 15.0 Å². The standard InChI is InChI=1S/C15H21ClN2O3/c16-9-12(19)10-17-11-4-5-14(13(8-11)15(20)21)18-6-2-1-3-7-18/h4-5,8,12,17,19H,1-3,6-7,9-10H2,(H,20,21). The number of halogens is 1. The number of nitrogens with zero attached hydrogens (tertiary/aromatic N) is 1. The van der Waals surface area contributed by atoms with Crippen molar-refractivity contribution in [2.45, 2.75) is 25.4 Å². The number of benzene rings is 1. The van der Waals surface area contributed by atoms with Crippen LogP contribution in [0.3, 0.4) is 0 Å². The average Bonchev–Trinajstić information content (AvgIpc) is 2.53. The van der Waals surface area contributed by atoms with Gasteiger partial charge in [-0.15, -0.1) is 11.6 Å². The first-order valence-corrected chi connectivity index (χ1v) is 7.75. The van der Waals surface area contributed by atoms with Crippen LogP contribution in [0.1, 0.15) is 29.6 Å². The summed E-state index contributed by atoms with van der Waals surface area (Å²) in [6.07, 6.45) is 2.75. The molecule has 5 nitrogen and oxygen atoms in total. The number of hydrogen-bond donors (Lipinski definition) is 3. The molecule has 6 heteroatoms. The first-order chi connectivity index (χ1) is 10.1. The Balaban J connectivity index is 2.16. The van der Waals surface area contributed by atoms with E-state index < -0.39 is 12.1 Å². The van der Waals surface area contributed by atoms with Gasteiger partial charge in [0.05, 0.1) is 23.2 Å². The van der Waals surface area contributed by atoms with Gasteiger partial charge in [-0.3, -0.25) is 0 Å². The van der Waals surface area contributed by atoms with Crippen LogP contribution in [0.2, 0.25) is 0 Å². The number of hydrogen-bond acceptors (Lipinski definition) is 4. The number of carboxylic acids is 1. The quantitative estimate of drug-likeness (QED) is 0.703. The summed E-state index contributed by atoms with van der Waals surface area (Å²) in [5.41, 5.74) is 1.74. The molecule has 0 radical (unpaired) electrons. The molecule has 3 N–H and O–H groups in total. The molecule has 1 aromatic carbocycles. The van der Waals surface area contributed by atoms with Crippen molar-refractivity contribution in [2.75, 3.05) is 35.7 Å². The van der Waals surface area contributed by atoms with Gasteiger partial charge in [0.2, 0.25) is 0 Å². The summed E-state index contributed by atoms with van der Waals surface area (Å²) >= 11 is 5.54. The van der Waals surface area contributed by atoms with Crippen molar-refractivity contribution in [1.82, 2.24) is 0 Å². The number of nitrogens with one attached hydrogen (secondary N) is 1. The molecule has 1 fully saturated rings. The van der Waals surface area contributed by atoms with E-state index in [1.54, 1.807) is 6.07 Å². The third kappa shape index (κ3) is 4.25. The van der Waals surface area contributed by atoms with Crippen molar-refractivity contribution in [3.05, 3.63) is 23.8 Å². The zero-order chi connectivity index (χ0) is 15.2. The molecule has 1 aliphatic heterocycles. The van der Waals surface area contributed by atoms with Crippen molar-refractivity contribution in [3.63, 3.8) is 0 Å². The Labute approximate surface area is 129 Å². The van der Waals surface area contributed by atoms with Crippen LogP contribution >= 0.6 is 11.6 Å². The minimum Gasteiger partial charge on any atom is -0.478 e. The third-order valence-electron chi connectivity index (χ3n) is 3.64. The topological polar surface area (TPSA) is 72.8 Å². The van der Waals surface area contributed by atoms with Crippen LogP contribution in [0.4, 0.5) is 11.4 Å². The molecule has 21 heavy (non-hydrogen) atoms. The smallest absolute Gasteiger partial charge is 0.337 e. The van der Waals surface area contributed by atoms with Gasteiger partial charge in [0.15, 0.2) is 0 Å². The number of carboxylic acid groups (broad SMARTS) is 1. The maximum absolute atomic E-state index is 11.5. The number of alkyl halides is 1. The van der Waals surface area contributed by atoms with Gasteiger partial charge in [0, 0.05) is 25.3 Å². The molecule has 116 valence electrons. The van der Waals surface area contributed by atoms with Gasteiger partial charge in [-0.05, 0) is 37.5 Å². The normalized spacial score (nSPS) is 16.6. The van der Waals surface area contributed by atoms with E-state index in [9.17, 15) is 15.0 Å². The van der Waals surface area contributed by atoms with E-state index in [-0.39, 0.29) is 5.88 Å². The van der Waals surface area contributed by atoms with Crippen molar-refractivity contribution >= 4 is 28.9 Å². The molecule has 0 bridgehead atoms. The van der Waals surface area contributed by atoms with Crippen molar-refractivity contribution in [2.24, 2.45) is 0 Å². The number of rotatable bonds is 6. The molecule has 0 aromatic heterocycles. The molecule has 1 aromatic rings. The van der Waals surface area contributed by atoms with Crippen LogP contribution in [0, 0.1) is 0 Å². The molecular weight excluding hydrogens is 292 g/mol. The van der Waals surface area contributed by atoms with E-state index in [4.69, 9.17) is 11.6 Å². The van der Waals surface area contributed by atoms with Gasteiger partial charge in [0.25, 0.3) is 0 Å². The van der Waals surface area contributed by atoms with Crippen LogP contribution in [-0.4, -0.2) is 47.8 Å². The summed E-state index contributed by atoms with van der Waals surface area (Å²) in [4.78, 5) is 13.6. The minimum atomic E-state index is -0.933. The Kier molecular flexibility index (Phi) is 5.70. The summed E-state index contributed by atoms with van der Waals surface area (Å²) < 4.78 is 0. The van der Waals surface area contributed by atoms with E-state index >= 15 is 0 Å². The van der Waals surface area contributed by atoms with Gasteiger partial charge in [-0.1, -0.05) is 0 Å². The van der Waals surface area contributed by atoms with E-state index in [1.807, 2.05) is 12.1 Å². The van der Waals surface area contributed by atoms with E-state index in [0.717, 1.165) is 31.6 Å². The molecule has 1 unspecified atom stereocenters. The summed E-state index contributed by atoms with van der Waals surface area (Å²) in [6, 6.07) is 5.30. The second-order valence-corrected chi connectivity index (χ2v) is 5.58. The van der Waals surface area contributed by atoms with Gasteiger partial charge < -0.3 is 20.4 Å². The number of aromatic carboxylic acids is 1. The van der Waals surface area contributed by atoms with Crippen LogP contribution < -0.4 is 10.2 Å². The number of aliphatic hydroxyl groups excluding tert-OH is 1. The zero-order valence-corrected chi connectivity index (χ0v) is 12.6. The van der Waals surface area contributed by atoms with Crippen LogP contribution in [-0.2, 0) is 0 Å². The Morgan fingerprint density at radius 2 is 2.05 bits per heavy atom. The second-order valence-electron chi connectivity index (χ2n) is 5.27. The summed E-state index contributed by atoms with van der Waals surface area (Å²) in [5.74, 6) is -0.790. The molecule has 1 atom stereocenters. The van der Waals surface area contributed by atoms with Crippen LogP contribution in [0.25, 0.3) is 0 Å². The third-order valence-corrected chi connectivity index (χ3v) is 4.00.